The number of nitrogens with one attached hydrogen (secondary N) is 2. The van der Waals surface area contributed by atoms with E-state index >= 15 is 0 Å². The number of anilines is 2. The fourth-order valence-corrected chi connectivity index (χ4v) is 2.27. The van der Waals surface area contributed by atoms with Gasteiger partial charge < -0.3 is 14.6 Å². The zero-order valence-electron chi connectivity index (χ0n) is 14.5. The highest BCUT2D eigenvalue weighted by Crippen LogP contribution is 2.27. The molecule has 0 aliphatic heterocycles. The maximum absolute atomic E-state index is 11.6. The number of benzene rings is 1. The smallest absolute Gasteiger partial charge is 0.411 e. The summed E-state index contributed by atoms with van der Waals surface area (Å²) in [5, 5.41) is 10.0. The van der Waals surface area contributed by atoms with Crippen LogP contribution >= 0.6 is 0 Å². The lowest BCUT2D eigenvalue weighted by Gasteiger charge is -2.16. The van der Waals surface area contributed by atoms with Crippen molar-refractivity contribution in [2.24, 2.45) is 0 Å². The number of rotatable bonds is 7. The minimum absolute atomic E-state index is 0.139. The van der Waals surface area contributed by atoms with Gasteiger partial charge in [-0.25, -0.2) is 4.79 Å². The van der Waals surface area contributed by atoms with E-state index < -0.39 is 6.09 Å². The van der Waals surface area contributed by atoms with Gasteiger partial charge in [0.05, 0.1) is 6.61 Å². The molecule has 2 rings (SSSR count). The van der Waals surface area contributed by atoms with Crippen molar-refractivity contribution in [1.29, 1.82) is 0 Å². The third-order valence-corrected chi connectivity index (χ3v) is 3.55. The first kappa shape index (κ1) is 17.8. The van der Waals surface area contributed by atoms with Gasteiger partial charge in [0, 0.05) is 17.8 Å². The first-order chi connectivity index (χ1) is 11.5. The third-order valence-electron chi connectivity index (χ3n) is 3.55. The van der Waals surface area contributed by atoms with Gasteiger partial charge in [-0.1, -0.05) is 18.1 Å². The second-order valence-electron chi connectivity index (χ2n) is 5.49. The number of aromatic nitrogens is 2. The van der Waals surface area contributed by atoms with Crippen LogP contribution in [0.4, 0.5) is 16.2 Å². The van der Waals surface area contributed by atoms with E-state index in [9.17, 15) is 4.79 Å². The molecule has 0 bridgehead atoms. The highest BCUT2D eigenvalue weighted by molar-refractivity contribution is 5.87. The van der Waals surface area contributed by atoms with Crippen LogP contribution in [0.25, 0.3) is 0 Å². The molecule has 0 radical (unpaired) electrons. The Labute approximate surface area is 141 Å². The first-order valence-corrected chi connectivity index (χ1v) is 8.17. The molecule has 7 nitrogen and oxygen atoms in total. The van der Waals surface area contributed by atoms with Crippen LogP contribution in [0.2, 0.25) is 0 Å². The number of hydrogen-bond donors (Lipinski definition) is 2. The van der Waals surface area contributed by atoms with Crippen LogP contribution in [-0.2, 0) is 11.2 Å². The molecule has 0 fully saturated rings. The number of carbonyl (C=O) groups excluding carboxylic acids is 1. The molecule has 0 spiro atoms. The molecule has 2 aromatic rings. The van der Waals surface area contributed by atoms with Crippen molar-refractivity contribution in [3.8, 4) is 0 Å². The number of amides is 1. The van der Waals surface area contributed by atoms with E-state index in [0.29, 0.717) is 18.2 Å². The second kappa shape index (κ2) is 8.33. The Kier molecular flexibility index (Phi) is 6.17. The molecule has 130 valence electrons. The molecule has 0 saturated heterocycles. The Bertz CT molecular complexity index is 684. The molecule has 2 N–H and O–H groups in total. The van der Waals surface area contributed by atoms with Crippen molar-refractivity contribution >= 4 is 17.5 Å². The van der Waals surface area contributed by atoms with Gasteiger partial charge in [-0.05, 0) is 44.9 Å². The van der Waals surface area contributed by atoms with Crippen molar-refractivity contribution in [3.63, 3.8) is 0 Å². The lowest BCUT2D eigenvalue weighted by Crippen LogP contribution is -2.15. The molecule has 1 aromatic heterocycles. The van der Waals surface area contributed by atoms with Gasteiger partial charge in [0.25, 0.3) is 0 Å². The lowest BCUT2D eigenvalue weighted by atomic mass is 10.1. The van der Waals surface area contributed by atoms with Gasteiger partial charge in [-0.15, -0.1) is 0 Å². The summed E-state index contributed by atoms with van der Waals surface area (Å²) < 4.78 is 10.2. The fourth-order valence-electron chi connectivity index (χ4n) is 2.27. The minimum Gasteiger partial charge on any atom is -0.450 e. The van der Waals surface area contributed by atoms with Crippen LogP contribution in [0.15, 0.2) is 22.7 Å². The normalized spacial score (nSPS) is 11.8. The standard InChI is InChI=1S/C17H24N4O3/c1-5-8-15-20-16(24-21-15)12(4)18-13-9-7-10-14(11(13)3)19-17(22)23-6-2/h7,9-10,12,18H,5-6,8H2,1-4H3,(H,19,22)/t12-/m1/s1. The molecular weight excluding hydrogens is 308 g/mol. The monoisotopic (exact) mass is 332 g/mol. The van der Waals surface area contributed by atoms with E-state index in [-0.39, 0.29) is 6.04 Å². The lowest BCUT2D eigenvalue weighted by molar-refractivity contribution is 0.168. The van der Waals surface area contributed by atoms with Crippen LogP contribution in [0.5, 0.6) is 0 Å². The van der Waals surface area contributed by atoms with Crippen molar-refractivity contribution in [2.45, 2.75) is 46.6 Å². The van der Waals surface area contributed by atoms with Crippen LogP contribution in [0, 0.1) is 6.92 Å². The molecule has 1 amide bonds. The SMILES string of the molecule is CCCc1noc([C@@H](C)Nc2cccc(NC(=O)OCC)c2C)n1. The molecule has 1 heterocycles. The highest BCUT2D eigenvalue weighted by atomic mass is 16.5. The Balaban J connectivity index is 2.09. The summed E-state index contributed by atoms with van der Waals surface area (Å²) in [5.74, 6) is 1.26. The van der Waals surface area contributed by atoms with Gasteiger partial charge in [0.2, 0.25) is 5.89 Å². The van der Waals surface area contributed by atoms with E-state index in [1.54, 1.807) is 6.92 Å². The molecule has 0 unspecified atom stereocenters. The van der Waals surface area contributed by atoms with Gasteiger partial charge in [0.15, 0.2) is 5.82 Å². The van der Waals surface area contributed by atoms with Crippen LogP contribution in [-0.4, -0.2) is 22.8 Å². The highest BCUT2D eigenvalue weighted by Gasteiger charge is 2.16. The largest absolute Gasteiger partial charge is 0.450 e. The maximum atomic E-state index is 11.6. The Morgan fingerprint density at radius 3 is 2.79 bits per heavy atom. The Morgan fingerprint density at radius 2 is 2.08 bits per heavy atom. The predicted octanol–water partition coefficient (Wildman–Crippen LogP) is 4.07. The first-order valence-electron chi connectivity index (χ1n) is 8.17. The number of carbonyl (C=O) groups is 1. The average molecular weight is 332 g/mol. The van der Waals surface area contributed by atoms with Crippen molar-refractivity contribution in [3.05, 3.63) is 35.5 Å². The van der Waals surface area contributed by atoms with Crippen LogP contribution < -0.4 is 10.6 Å². The van der Waals surface area contributed by atoms with Gasteiger partial charge in [-0.2, -0.15) is 4.98 Å². The summed E-state index contributed by atoms with van der Waals surface area (Å²) in [5.41, 5.74) is 2.49. The fraction of sp³-hybridized carbons (Fsp3) is 0.471. The zero-order valence-corrected chi connectivity index (χ0v) is 14.5. The van der Waals surface area contributed by atoms with E-state index in [0.717, 1.165) is 29.9 Å². The van der Waals surface area contributed by atoms with Gasteiger partial charge >= 0.3 is 6.09 Å². The van der Waals surface area contributed by atoms with Crippen molar-refractivity contribution in [1.82, 2.24) is 10.1 Å². The molecule has 24 heavy (non-hydrogen) atoms. The molecular formula is C17H24N4O3. The number of hydrogen-bond acceptors (Lipinski definition) is 6. The second-order valence-corrected chi connectivity index (χ2v) is 5.49. The molecule has 0 aliphatic carbocycles. The van der Waals surface area contributed by atoms with E-state index in [1.807, 2.05) is 32.0 Å². The van der Waals surface area contributed by atoms with Gasteiger partial charge in [0.1, 0.15) is 6.04 Å². The summed E-state index contributed by atoms with van der Waals surface area (Å²) in [4.78, 5) is 16.0. The quantitative estimate of drug-likeness (QED) is 0.794. The van der Waals surface area contributed by atoms with Crippen molar-refractivity contribution in [2.75, 3.05) is 17.2 Å². The summed E-state index contributed by atoms with van der Waals surface area (Å²) >= 11 is 0. The summed E-state index contributed by atoms with van der Waals surface area (Å²) in [7, 11) is 0. The van der Waals surface area contributed by atoms with E-state index in [4.69, 9.17) is 9.26 Å². The third kappa shape index (κ3) is 4.47. The molecule has 0 saturated carbocycles. The molecule has 1 atom stereocenters. The van der Waals surface area contributed by atoms with Crippen LogP contribution in [0.3, 0.4) is 0 Å². The summed E-state index contributed by atoms with van der Waals surface area (Å²) in [6, 6.07) is 5.49. The van der Waals surface area contributed by atoms with Crippen LogP contribution in [0.1, 0.15) is 50.5 Å². The summed E-state index contributed by atoms with van der Waals surface area (Å²) in [6.45, 7) is 8.05. The summed E-state index contributed by atoms with van der Waals surface area (Å²) in [6.07, 6.45) is 1.31. The number of nitrogens with zero attached hydrogens (tertiary/aromatic N) is 2. The van der Waals surface area contributed by atoms with Gasteiger partial charge in [-0.3, -0.25) is 5.32 Å². The minimum atomic E-state index is -0.466. The van der Waals surface area contributed by atoms with E-state index in [1.165, 1.54) is 0 Å². The topological polar surface area (TPSA) is 89.3 Å². The predicted molar refractivity (Wildman–Crippen MR) is 92.2 cm³/mol. The maximum Gasteiger partial charge on any atom is 0.411 e. The Hall–Kier alpha value is -2.57. The molecule has 0 aliphatic rings. The molecule has 7 heteroatoms. The average Bonchev–Trinajstić information content (AvgIpc) is 3.00. The molecule has 1 aromatic carbocycles. The zero-order chi connectivity index (χ0) is 17.5. The number of aryl methyl sites for hydroxylation is 1. The van der Waals surface area contributed by atoms with E-state index in [2.05, 4.69) is 27.7 Å². The number of ether oxygens (including phenoxy) is 1. The van der Waals surface area contributed by atoms with Crippen molar-refractivity contribution < 1.29 is 14.1 Å². The Morgan fingerprint density at radius 1 is 1.33 bits per heavy atom.